The van der Waals surface area contributed by atoms with Gasteiger partial charge in [0.15, 0.2) is 0 Å². The lowest BCUT2D eigenvalue weighted by atomic mass is 9.93. The van der Waals surface area contributed by atoms with Gasteiger partial charge in [-0.2, -0.15) is 4.73 Å². The topological polar surface area (TPSA) is 148 Å². The fourth-order valence-corrected chi connectivity index (χ4v) is 6.55. The smallest absolute Gasteiger partial charge is 0.305 e. The zero-order valence-electron chi connectivity index (χ0n) is 28.9. The Bertz CT molecular complexity index is 1420. The highest BCUT2D eigenvalue weighted by Gasteiger charge is 2.41. The van der Waals surface area contributed by atoms with Crippen molar-refractivity contribution < 1.29 is 33.5 Å². The van der Waals surface area contributed by atoms with E-state index in [1.165, 1.54) is 0 Å². The molecule has 4 amide bonds. The maximum Gasteiger partial charge on any atom is 0.305 e. The van der Waals surface area contributed by atoms with Gasteiger partial charge in [0.25, 0.3) is 0 Å². The molecule has 0 radical (unpaired) electrons. The summed E-state index contributed by atoms with van der Waals surface area (Å²) in [6.07, 6.45) is 8.82. The maximum absolute atomic E-state index is 14.1. The van der Waals surface area contributed by atoms with Crippen LogP contribution in [-0.4, -0.2) is 83.7 Å². The van der Waals surface area contributed by atoms with Crippen molar-refractivity contribution in [1.29, 1.82) is 0 Å². The molecule has 0 saturated carbocycles. The number of para-hydroxylation sites is 1. The second kappa shape index (κ2) is 17.9. The molecule has 2 saturated heterocycles. The van der Waals surface area contributed by atoms with Crippen LogP contribution in [0.1, 0.15) is 97.0 Å². The van der Waals surface area contributed by atoms with Crippen molar-refractivity contribution in [2.75, 3.05) is 20.3 Å². The third-order valence-corrected chi connectivity index (χ3v) is 9.65. The first-order valence-corrected chi connectivity index (χ1v) is 17.7. The van der Waals surface area contributed by atoms with Gasteiger partial charge < -0.3 is 30.4 Å². The van der Waals surface area contributed by atoms with E-state index in [1.54, 1.807) is 22.9 Å². The van der Waals surface area contributed by atoms with Crippen molar-refractivity contribution >= 4 is 40.5 Å². The minimum atomic E-state index is -1.03. The van der Waals surface area contributed by atoms with E-state index in [1.807, 2.05) is 45.0 Å². The van der Waals surface area contributed by atoms with E-state index in [9.17, 15) is 24.0 Å². The number of carbonyl (C=O) groups excluding carboxylic acids is 5. The van der Waals surface area contributed by atoms with Crippen LogP contribution in [0.2, 0.25) is 0 Å². The Morgan fingerprint density at radius 3 is 2.44 bits per heavy atom. The van der Waals surface area contributed by atoms with Gasteiger partial charge in [-0.05, 0) is 56.1 Å². The number of nitrogens with one attached hydrogen (secondary N) is 3. The van der Waals surface area contributed by atoms with Crippen molar-refractivity contribution in [2.45, 2.75) is 122 Å². The molecule has 4 rings (SSSR count). The SMILES string of the molecule is CCCCOC(=O)CCCCC[C@@H]1NC(=O)[C@H]2CCCCN2C(=O)[C@H]([C@@H](C)CC)NC(=O)[C@H](Cc2cn(OC)c3ccccc23)NC1=O. The van der Waals surface area contributed by atoms with Crippen LogP contribution in [0.15, 0.2) is 30.5 Å². The molecule has 0 bridgehead atoms. The standard InChI is InChI=1S/C36H53N5O7/c1-5-7-21-48-31(42)19-10-8-9-16-27-33(43)38-28(22-25-23-41(47-4)29-17-12-11-15-26(25)29)34(44)39-32(24(3)6-2)36(46)40-20-14-13-18-30(40)35(45)37-27/h11-12,15,17,23-24,27-28,30,32H,5-10,13-14,16,18-22H2,1-4H3,(H,37,45)(H,38,43)(H,39,44)/t24-,27-,28-,30+,32-/m0/s1. The van der Waals surface area contributed by atoms with Crippen molar-refractivity contribution in [2.24, 2.45) is 5.92 Å². The quantitative estimate of drug-likeness (QED) is 0.207. The predicted octanol–water partition coefficient (Wildman–Crippen LogP) is 3.43. The van der Waals surface area contributed by atoms with Crippen LogP contribution >= 0.6 is 0 Å². The molecule has 0 unspecified atom stereocenters. The monoisotopic (exact) mass is 667 g/mol. The summed E-state index contributed by atoms with van der Waals surface area (Å²) >= 11 is 0. The first kappa shape index (κ1) is 36.7. The number of carbonyl (C=O) groups is 5. The second-order valence-electron chi connectivity index (χ2n) is 13.1. The Morgan fingerprint density at radius 1 is 0.938 bits per heavy atom. The van der Waals surface area contributed by atoms with E-state index in [0.717, 1.165) is 42.1 Å². The van der Waals surface area contributed by atoms with E-state index in [2.05, 4.69) is 16.0 Å². The number of rotatable bonds is 14. The molecule has 0 spiro atoms. The van der Waals surface area contributed by atoms with Gasteiger partial charge in [-0.25, -0.2) is 0 Å². The number of nitrogens with zero attached hydrogens (tertiary/aromatic N) is 2. The molecule has 3 N–H and O–H groups in total. The van der Waals surface area contributed by atoms with Gasteiger partial charge >= 0.3 is 5.97 Å². The summed E-state index contributed by atoms with van der Waals surface area (Å²) in [5.41, 5.74) is 1.60. The minimum Gasteiger partial charge on any atom is -0.466 e. The fourth-order valence-electron chi connectivity index (χ4n) is 6.55. The van der Waals surface area contributed by atoms with Crippen LogP contribution in [0.3, 0.4) is 0 Å². The van der Waals surface area contributed by atoms with E-state index in [-0.39, 0.29) is 30.1 Å². The summed E-state index contributed by atoms with van der Waals surface area (Å²) in [7, 11) is 1.56. The summed E-state index contributed by atoms with van der Waals surface area (Å²) in [6.45, 7) is 6.73. The third-order valence-electron chi connectivity index (χ3n) is 9.65. The number of ether oxygens (including phenoxy) is 1. The number of unbranched alkanes of at least 4 members (excludes halogenated alkanes) is 3. The van der Waals surface area contributed by atoms with Crippen LogP contribution in [0.5, 0.6) is 0 Å². The maximum atomic E-state index is 14.1. The molecule has 0 aliphatic carbocycles. The minimum absolute atomic E-state index is 0.142. The molecule has 2 aliphatic heterocycles. The zero-order valence-corrected chi connectivity index (χ0v) is 28.9. The van der Waals surface area contributed by atoms with Crippen molar-refractivity contribution in [3.63, 3.8) is 0 Å². The van der Waals surface area contributed by atoms with Crippen LogP contribution in [0.25, 0.3) is 10.9 Å². The van der Waals surface area contributed by atoms with E-state index < -0.39 is 36.0 Å². The van der Waals surface area contributed by atoms with Gasteiger partial charge in [-0.15, -0.1) is 0 Å². The van der Waals surface area contributed by atoms with Crippen molar-refractivity contribution in [3.8, 4) is 0 Å². The van der Waals surface area contributed by atoms with Crippen LogP contribution < -0.4 is 20.8 Å². The highest BCUT2D eigenvalue weighted by Crippen LogP contribution is 2.24. The number of aromatic nitrogens is 1. The predicted molar refractivity (Wildman–Crippen MR) is 182 cm³/mol. The number of fused-ring (bicyclic) bond motifs is 2. The molecule has 3 heterocycles. The summed E-state index contributed by atoms with van der Waals surface area (Å²) in [5.74, 6) is -2.00. The van der Waals surface area contributed by atoms with Gasteiger partial charge in [0.1, 0.15) is 31.3 Å². The highest BCUT2D eigenvalue weighted by atomic mass is 16.6. The molecular formula is C36H53N5O7. The first-order chi connectivity index (χ1) is 23.2. The van der Waals surface area contributed by atoms with E-state index in [0.29, 0.717) is 58.1 Å². The average molecular weight is 668 g/mol. The summed E-state index contributed by atoms with van der Waals surface area (Å²) in [6, 6.07) is 4.11. The van der Waals surface area contributed by atoms with Gasteiger partial charge in [0.2, 0.25) is 23.6 Å². The fraction of sp³-hybridized carbons (Fsp3) is 0.639. The largest absolute Gasteiger partial charge is 0.466 e. The molecule has 1 aromatic heterocycles. The number of benzene rings is 1. The lowest BCUT2D eigenvalue weighted by Crippen LogP contribution is -2.64. The number of hydrogen-bond donors (Lipinski definition) is 3. The normalized spacial score (nSPS) is 22.9. The van der Waals surface area contributed by atoms with Crippen LogP contribution in [-0.2, 0) is 35.1 Å². The molecule has 48 heavy (non-hydrogen) atoms. The van der Waals surface area contributed by atoms with E-state index in [4.69, 9.17) is 9.57 Å². The molecular weight excluding hydrogens is 614 g/mol. The summed E-state index contributed by atoms with van der Waals surface area (Å²) < 4.78 is 6.86. The summed E-state index contributed by atoms with van der Waals surface area (Å²) in [5, 5.41) is 9.74. The molecule has 2 aromatic rings. The highest BCUT2D eigenvalue weighted by molar-refractivity contribution is 5.98. The van der Waals surface area contributed by atoms with Gasteiger partial charge in [-0.1, -0.05) is 64.7 Å². The lowest BCUT2D eigenvalue weighted by Gasteiger charge is -2.39. The lowest BCUT2D eigenvalue weighted by molar-refractivity contribution is -0.147. The van der Waals surface area contributed by atoms with Crippen molar-refractivity contribution in [1.82, 2.24) is 25.6 Å². The Balaban J connectivity index is 1.59. The average Bonchev–Trinajstić information content (AvgIpc) is 3.45. The molecule has 264 valence electrons. The number of hydrogen-bond acceptors (Lipinski definition) is 7. The molecule has 1 aromatic carbocycles. The number of amides is 4. The Hall–Kier alpha value is -4.09. The van der Waals surface area contributed by atoms with Gasteiger partial charge in [-0.3, -0.25) is 24.0 Å². The second-order valence-corrected chi connectivity index (χ2v) is 13.1. The summed E-state index contributed by atoms with van der Waals surface area (Å²) in [4.78, 5) is 75.1. The zero-order chi connectivity index (χ0) is 34.6. The van der Waals surface area contributed by atoms with Gasteiger partial charge in [0, 0.05) is 31.0 Å². The number of piperidine rings is 1. The molecule has 2 fully saturated rings. The Morgan fingerprint density at radius 2 is 1.69 bits per heavy atom. The molecule has 2 aliphatic rings. The molecule has 12 heteroatoms. The van der Waals surface area contributed by atoms with Crippen LogP contribution in [0, 0.1) is 5.92 Å². The van der Waals surface area contributed by atoms with Gasteiger partial charge in [0.05, 0.1) is 12.1 Å². The van der Waals surface area contributed by atoms with Crippen LogP contribution in [0.4, 0.5) is 0 Å². The molecule has 5 atom stereocenters. The van der Waals surface area contributed by atoms with Crippen molar-refractivity contribution in [3.05, 3.63) is 36.0 Å². The molecule has 12 nitrogen and oxygen atoms in total. The first-order valence-electron chi connectivity index (χ1n) is 17.7. The Kier molecular flexibility index (Phi) is 13.7. The third kappa shape index (κ3) is 9.29. The number of esters is 1. The Labute approximate surface area is 283 Å². The van der Waals surface area contributed by atoms with E-state index >= 15 is 0 Å².